The summed E-state index contributed by atoms with van der Waals surface area (Å²) in [6.45, 7) is -0.130. The number of allylic oxidation sites excluding steroid dienone is 2. The minimum atomic E-state index is -3.65. The molecular weight excluding hydrogens is 632 g/mol. The van der Waals surface area contributed by atoms with Gasteiger partial charge in [0.25, 0.3) is 0 Å². The van der Waals surface area contributed by atoms with Crippen molar-refractivity contribution < 1.29 is 53.8 Å². The van der Waals surface area contributed by atoms with E-state index in [1.165, 1.54) is 17.0 Å². The van der Waals surface area contributed by atoms with Gasteiger partial charge in [-0.25, -0.2) is 17.7 Å². The van der Waals surface area contributed by atoms with Crippen LogP contribution in [0.3, 0.4) is 0 Å². The van der Waals surface area contributed by atoms with Crippen LogP contribution in [0.15, 0.2) is 65.6 Å². The van der Waals surface area contributed by atoms with E-state index in [-0.39, 0.29) is 59.4 Å². The summed E-state index contributed by atoms with van der Waals surface area (Å²) in [7, 11) is 1.52. The number of carbonyl (C=O) groups excluding carboxylic acids is 2. The minimum Gasteiger partial charge on any atom is -1.00 e. The molecule has 2 amide bonds. The number of quaternary nitrogens is 1. The molecule has 242 valence electrons. The van der Waals surface area contributed by atoms with Crippen molar-refractivity contribution >= 4 is 27.7 Å². The molecule has 2 fully saturated rings. The van der Waals surface area contributed by atoms with E-state index in [0.717, 1.165) is 18.4 Å². The summed E-state index contributed by atoms with van der Waals surface area (Å²) in [5, 5.41) is 0. The molecule has 2 heterocycles. The highest BCUT2D eigenvalue weighted by Gasteiger charge is 2.81. The monoisotopic (exact) mass is 666 g/mol. The lowest BCUT2D eigenvalue weighted by atomic mass is 9.64. The molecular formula is C34H35ClN2O8S. The van der Waals surface area contributed by atoms with Crippen LogP contribution in [0.25, 0.3) is 0 Å². The summed E-state index contributed by atoms with van der Waals surface area (Å²) in [5.74, 6) is 12.7. The van der Waals surface area contributed by atoms with Gasteiger partial charge in [-0.1, -0.05) is 41.9 Å². The van der Waals surface area contributed by atoms with Crippen molar-refractivity contribution in [3.8, 4) is 29.4 Å². The SMILES string of the molecule is C[N+](C)(C)C(=O)OCCOc1ccc2c(c1)[C@@]13O[C@]14CCC[C@@H]3C#C/C=C\C#C[C@@H]4N2C(=O)OCCS(=O)(=O)c1ccccc1.[Cl-]. The van der Waals surface area contributed by atoms with E-state index in [4.69, 9.17) is 18.9 Å². The Morgan fingerprint density at radius 2 is 1.74 bits per heavy atom. The van der Waals surface area contributed by atoms with Crippen molar-refractivity contribution in [2.75, 3.05) is 51.6 Å². The van der Waals surface area contributed by atoms with Crippen LogP contribution in [0.1, 0.15) is 24.8 Å². The van der Waals surface area contributed by atoms with Crippen LogP contribution in [-0.4, -0.2) is 83.4 Å². The van der Waals surface area contributed by atoms with Crippen LogP contribution < -0.4 is 22.0 Å². The zero-order valence-electron chi connectivity index (χ0n) is 25.8. The molecule has 6 rings (SSSR count). The number of ether oxygens (including phenoxy) is 4. The first-order valence-corrected chi connectivity index (χ1v) is 16.5. The fraction of sp³-hybridized carbons (Fsp3) is 0.412. The smallest absolute Gasteiger partial charge is 0.515 e. The first-order valence-electron chi connectivity index (χ1n) is 14.9. The summed E-state index contributed by atoms with van der Waals surface area (Å²) < 4.78 is 49.4. The van der Waals surface area contributed by atoms with Gasteiger partial charge in [0.05, 0.1) is 43.4 Å². The van der Waals surface area contributed by atoms with Crippen LogP contribution in [0.5, 0.6) is 5.75 Å². The van der Waals surface area contributed by atoms with Gasteiger partial charge in [0.1, 0.15) is 42.8 Å². The van der Waals surface area contributed by atoms with Crippen LogP contribution in [0.4, 0.5) is 15.3 Å². The summed E-state index contributed by atoms with van der Waals surface area (Å²) in [5.41, 5.74) is -0.343. The summed E-state index contributed by atoms with van der Waals surface area (Å²) in [6, 6.07) is 12.7. The molecule has 46 heavy (non-hydrogen) atoms. The number of sulfone groups is 1. The number of carbonyl (C=O) groups is 2. The Morgan fingerprint density at radius 3 is 2.48 bits per heavy atom. The third-order valence-corrected chi connectivity index (χ3v) is 10.2. The second-order valence-corrected chi connectivity index (χ2v) is 14.4. The molecule has 0 unspecified atom stereocenters. The Kier molecular flexibility index (Phi) is 9.18. The van der Waals surface area contributed by atoms with Gasteiger partial charge >= 0.3 is 12.2 Å². The topological polar surface area (TPSA) is 112 Å². The van der Waals surface area contributed by atoms with Gasteiger partial charge in [0.15, 0.2) is 9.84 Å². The zero-order chi connectivity index (χ0) is 31.9. The van der Waals surface area contributed by atoms with Gasteiger partial charge in [-0.2, -0.15) is 4.79 Å². The highest BCUT2D eigenvalue weighted by molar-refractivity contribution is 7.91. The van der Waals surface area contributed by atoms with Crippen molar-refractivity contribution in [3.05, 3.63) is 66.2 Å². The molecule has 2 aromatic carbocycles. The summed E-state index contributed by atoms with van der Waals surface area (Å²) in [6.07, 6.45) is 4.57. The normalized spacial score (nSPS) is 25.8. The Hall–Kier alpha value is -4.00. The average Bonchev–Trinajstić information content (AvgIpc) is 3.73. The number of halogens is 1. The molecule has 1 saturated heterocycles. The van der Waals surface area contributed by atoms with Gasteiger partial charge in [-0.3, -0.25) is 4.90 Å². The van der Waals surface area contributed by atoms with E-state index in [9.17, 15) is 18.0 Å². The highest BCUT2D eigenvalue weighted by atomic mass is 35.5. The Balaban J connectivity index is 0.00000417. The highest BCUT2D eigenvalue weighted by Crippen LogP contribution is 2.72. The lowest BCUT2D eigenvalue weighted by Crippen LogP contribution is -3.00. The minimum absolute atomic E-state index is 0. The second kappa shape index (κ2) is 12.7. The fourth-order valence-corrected chi connectivity index (χ4v) is 7.53. The maximum absolute atomic E-state index is 13.9. The van der Waals surface area contributed by atoms with Crippen molar-refractivity contribution in [2.24, 2.45) is 5.92 Å². The van der Waals surface area contributed by atoms with Crippen molar-refractivity contribution in [2.45, 2.75) is 41.4 Å². The number of benzene rings is 2. The number of rotatable bonds is 8. The summed E-state index contributed by atoms with van der Waals surface area (Å²) >= 11 is 0. The predicted octanol–water partition coefficient (Wildman–Crippen LogP) is 1.05. The number of nitrogens with zero attached hydrogens (tertiary/aromatic N) is 2. The van der Waals surface area contributed by atoms with Gasteiger partial charge in [-0.15, -0.1) is 0 Å². The first-order chi connectivity index (χ1) is 21.5. The van der Waals surface area contributed by atoms with Crippen molar-refractivity contribution in [1.29, 1.82) is 0 Å². The van der Waals surface area contributed by atoms with Crippen LogP contribution >= 0.6 is 0 Å². The Bertz CT molecular complexity index is 1780. The molecule has 4 bridgehead atoms. The van der Waals surface area contributed by atoms with Crippen LogP contribution in [-0.2, 0) is 29.6 Å². The van der Waals surface area contributed by atoms with E-state index < -0.39 is 33.2 Å². The van der Waals surface area contributed by atoms with E-state index in [2.05, 4.69) is 23.7 Å². The predicted molar refractivity (Wildman–Crippen MR) is 165 cm³/mol. The van der Waals surface area contributed by atoms with Crippen LogP contribution in [0, 0.1) is 29.6 Å². The maximum atomic E-state index is 13.9. The van der Waals surface area contributed by atoms with E-state index >= 15 is 0 Å². The van der Waals surface area contributed by atoms with Crippen LogP contribution in [0.2, 0.25) is 0 Å². The molecule has 1 saturated carbocycles. The molecule has 10 nitrogen and oxygen atoms in total. The van der Waals surface area contributed by atoms with Gasteiger partial charge in [0.2, 0.25) is 0 Å². The molecule has 0 aromatic heterocycles. The molecule has 2 aliphatic carbocycles. The molecule has 0 spiro atoms. The molecule has 0 N–H and O–H groups in total. The molecule has 0 radical (unpaired) electrons. The molecule has 2 aromatic rings. The van der Waals surface area contributed by atoms with Gasteiger partial charge < -0.3 is 31.4 Å². The largest absolute Gasteiger partial charge is 1.00 e. The fourth-order valence-electron chi connectivity index (χ4n) is 6.42. The third-order valence-electron chi connectivity index (χ3n) is 8.52. The van der Waals surface area contributed by atoms with E-state index in [1.54, 1.807) is 63.6 Å². The van der Waals surface area contributed by atoms with Crippen molar-refractivity contribution in [3.63, 3.8) is 0 Å². The Morgan fingerprint density at radius 1 is 1.00 bits per heavy atom. The zero-order valence-corrected chi connectivity index (χ0v) is 27.4. The molecule has 12 heteroatoms. The summed E-state index contributed by atoms with van der Waals surface area (Å²) in [4.78, 5) is 27.6. The lowest BCUT2D eigenvalue weighted by Gasteiger charge is -2.43. The molecule has 4 aliphatic rings. The van der Waals surface area contributed by atoms with E-state index in [0.29, 0.717) is 17.9 Å². The number of epoxide rings is 1. The van der Waals surface area contributed by atoms with Gasteiger partial charge in [0, 0.05) is 5.56 Å². The number of anilines is 1. The molecule has 2 aliphatic heterocycles. The number of hydrogen-bond donors (Lipinski definition) is 0. The van der Waals surface area contributed by atoms with E-state index in [1.807, 2.05) is 6.07 Å². The first kappa shape index (κ1) is 33.4. The average molecular weight is 667 g/mol. The lowest BCUT2D eigenvalue weighted by molar-refractivity contribution is -0.795. The number of fused-ring (bicyclic) bond motifs is 1. The third kappa shape index (κ3) is 5.85. The maximum Gasteiger partial charge on any atom is 0.515 e. The Labute approximate surface area is 275 Å². The standard InChI is InChI=1S/C34H35N2O8S.ClH/c1-36(2,3)32(38)43-21-20-41-26-17-18-29-28(24-26)34-25-12-7-4-5-10-16-30(33(34,44-34)19-11-13-25)35(29)31(37)42-22-23-45(39,40)27-14-8-6-9-15-27;/h4-6,8-9,14-15,17-18,24-25,30H,11,13,19-23H2,1-3H3;1H/q+1;/p-1/b5-4-;/t25-,30-,33-,34+;/m0./s1. The number of hydrogen-bond acceptors (Lipinski definition) is 8. The second-order valence-electron chi connectivity index (χ2n) is 12.3. The quantitative estimate of drug-likeness (QED) is 0.178. The number of amides is 2. The van der Waals surface area contributed by atoms with Crippen molar-refractivity contribution in [1.82, 2.24) is 0 Å². The molecule has 4 atom stereocenters. The van der Waals surface area contributed by atoms with Gasteiger partial charge in [-0.05, 0) is 61.7 Å².